The monoisotopic (exact) mass is 410 g/mol. The molecule has 3 aliphatic heterocycles. The molecule has 1 spiro atoms. The summed E-state index contributed by atoms with van der Waals surface area (Å²) in [5.74, 6) is -1.52. The molecule has 3 aliphatic rings. The quantitative estimate of drug-likeness (QED) is 0.718. The molecule has 3 heterocycles. The van der Waals surface area contributed by atoms with Crippen molar-refractivity contribution in [3.8, 4) is 0 Å². The first-order chi connectivity index (χ1) is 13.1. The van der Waals surface area contributed by atoms with Crippen molar-refractivity contribution in [1.82, 2.24) is 4.31 Å². The maximum Gasteiger partial charge on any atom is 0.338 e. The molecule has 0 aliphatic carbocycles. The summed E-state index contributed by atoms with van der Waals surface area (Å²) in [5, 5.41) is 0.986. The van der Waals surface area contributed by atoms with Gasteiger partial charge in [-0.3, -0.25) is 0 Å². The van der Waals surface area contributed by atoms with Crippen molar-refractivity contribution >= 4 is 16.0 Å². The summed E-state index contributed by atoms with van der Waals surface area (Å²) in [5.41, 5.74) is 5.25. The number of nitrogens with two attached hydrogens (primary N) is 1. The molecule has 10 heteroatoms. The van der Waals surface area contributed by atoms with Crippen LogP contribution in [0.2, 0.25) is 0 Å². The lowest BCUT2D eigenvalue weighted by atomic mass is 9.85. The van der Waals surface area contributed by atoms with Crippen LogP contribution in [0.25, 0.3) is 0 Å². The molecule has 1 aromatic carbocycles. The SMILES string of the molecule is CN1[C@]2(C(N)=CS1(=O)=O)[C@@H](COC(=O)c1ccccc1)O[C@@H]1OC(C)(C)O[C@@H]12. The Balaban J connectivity index is 1.64. The molecule has 0 bridgehead atoms. The van der Waals surface area contributed by atoms with Crippen LogP contribution in [0.1, 0.15) is 24.2 Å². The van der Waals surface area contributed by atoms with Gasteiger partial charge in [0.25, 0.3) is 0 Å². The zero-order chi connectivity index (χ0) is 20.3. The highest BCUT2D eigenvalue weighted by molar-refractivity contribution is 7.92. The first-order valence-electron chi connectivity index (χ1n) is 8.78. The van der Waals surface area contributed by atoms with Gasteiger partial charge < -0.3 is 24.7 Å². The minimum Gasteiger partial charge on any atom is -0.459 e. The number of hydrogen-bond donors (Lipinski definition) is 1. The fourth-order valence-corrected chi connectivity index (χ4v) is 5.43. The van der Waals surface area contributed by atoms with Gasteiger partial charge in [0.1, 0.15) is 24.4 Å². The third-order valence-corrected chi connectivity index (χ3v) is 6.91. The van der Waals surface area contributed by atoms with E-state index in [1.54, 1.807) is 44.2 Å². The van der Waals surface area contributed by atoms with Gasteiger partial charge in [0.2, 0.25) is 10.0 Å². The molecule has 2 N–H and O–H groups in total. The van der Waals surface area contributed by atoms with Gasteiger partial charge in [0.05, 0.1) is 11.0 Å². The summed E-state index contributed by atoms with van der Waals surface area (Å²) in [7, 11) is -2.37. The number of carbonyl (C=O) groups is 1. The highest BCUT2D eigenvalue weighted by Crippen LogP contribution is 2.51. The van der Waals surface area contributed by atoms with E-state index in [0.29, 0.717) is 5.56 Å². The first-order valence-corrected chi connectivity index (χ1v) is 10.3. The second-order valence-corrected chi connectivity index (χ2v) is 9.24. The predicted molar refractivity (Wildman–Crippen MR) is 97.1 cm³/mol. The summed E-state index contributed by atoms with van der Waals surface area (Å²) >= 11 is 0. The van der Waals surface area contributed by atoms with Gasteiger partial charge in [0.15, 0.2) is 12.1 Å². The lowest BCUT2D eigenvalue weighted by Gasteiger charge is -2.39. The number of sulfonamides is 1. The second kappa shape index (κ2) is 6.26. The standard InChI is InChI=1S/C18H22N2O7S/c1-17(2)26-14-16(27-17)25-13(9-24-15(21)11-7-5-4-6-8-11)18(14)12(19)10-28(22,23)20(18)3/h4-8,10,13-14,16H,9,19H2,1-3H3/t13-,14+,16-,18-/m1/s1. The first kappa shape index (κ1) is 19.3. The summed E-state index contributed by atoms with van der Waals surface area (Å²) in [6.07, 6.45) is -2.55. The lowest BCUT2D eigenvalue weighted by molar-refractivity contribution is -0.217. The number of carbonyl (C=O) groups excluding carboxylic acids is 1. The van der Waals surface area contributed by atoms with Gasteiger partial charge in [-0.05, 0) is 26.0 Å². The lowest BCUT2D eigenvalue weighted by Crippen LogP contribution is -2.62. The predicted octanol–water partition coefficient (Wildman–Crippen LogP) is 0.534. The second-order valence-electron chi connectivity index (χ2n) is 7.42. The molecule has 0 amide bonds. The van der Waals surface area contributed by atoms with E-state index < -0.39 is 45.8 Å². The molecule has 0 unspecified atom stereocenters. The van der Waals surface area contributed by atoms with Crippen LogP contribution in [0.15, 0.2) is 41.4 Å². The van der Waals surface area contributed by atoms with Crippen molar-refractivity contribution in [2.24, 2.45) is 5.73 Å². The largest absolute Gasteiger partial charge is 0.459 e. The van der Waals surface area contributed by atoms with E-state index in [2.05, 4.69) is 0 Å². The third kappa shape index (κ3) is 2.75. The number of likely N-dealkylation sites (N-methyl/N-ethyl adjacent to an activating group) is 1. The molecule has 0 radical (unpaired) electrons. The molecule has 0 aromatic heterocycles. The van der Waals surface area contributed by atoms with Gasteiger partial charge in [-0.1, -0.05) is 18.2 Å². The molecule has 152 valence electrons. The fraction of sp³-hybridized carbons (Fsp3) is 0.500. The maximum absolute atomic E-state index is 12.5. The van der Waals surface area contributed by atoms with E-state index in [9.17, 15) is 13.2 Å². The van der Waals surface area contributed by atoms with Gasteiger partial charge in [-0.25, -0.2) is 13.2 Å². The van der Waals surface area contributed by atoms with Crippen LogP contribution in [-0.4, -0.2) is 62.2 Å². The molecule has 4 atom stereocenters. The van der Waals surface area contributed by atoms with Gasteiger partial charge in [-0.15, -0.1) is 0 Å². The smallest absolute Gasteiger partial charge is 0.338 e. The van der Waals surface area contributed by atoms with E-state index in [1.807, 2.05) is 0 Å². The highest BCUT2D eigenvalue weighted by atomic mass is 32.2. The van der Waals surface area contributed by atoms with Gasteiger partial charge in [0, 0.05) is 12.7 Å². The summed E-state index contributed by atoms with van der Waals surface area (Å²) in [6, 6.07) is 8.47. The van der Waals surface area contributed by atoms with Crippen molar-refractivity contribution in [3.63, 3.8) is 0 Å². The number of ether oxygens (including phenoxy) is 4. The number of nitrogens with zero attached hydrogens (tertiary/aromatic N) is 1. The molecule has 0 saturated carbocycles. The Kier molecular flexibility index (Phi) is 4.32. The van der Waals surface area contributed by atoms with Crippen molar-refractivity contribution in [2.45, 2.75) is 43.7 Å². The Hall–Kier alpha value is -1.98. The summed E-state index contributed by atoms with van der Waals surface area (Å²) in [4.78, 5) is 12.3. The fourth-order valence-electron chi connectivity index (χ4n) is 4.01. The molecule has 1 aromatic rings. The molecule has 28 heavy (non-hydrogen) atoms. The topological polar surface area (TPSA) is 117 Å². The Morgan fingerprint density at radius 3 is 2.54 bits per heavy atom. The average molecular weight is 410 g/mol. The van der Waals surface area contributed by atoms with Crippen molar-refractivity contribution in [1.29, 1.82) is 0 Å². The Morgan fingerprint density at radius 1 is 1.25 bits per heavy atom. The average Bonchev–Trinajstić information content (AvgIpc) is 3.14. The zero-order valence-corrected chi connectivity index (χ0v) is 16.5. The van der Waals surface area contributed by atoms with Gasteiger partial charge in [-0.2, -0.15) is 4.31 Å². The summed E-state index contributed by atoms with van der Waals surface area (Å²) < 4.78 is 49.2. The Morgan fingerprint density at radius 2 is 1.93 bits per heavy atom. The minimum absolute atomic E-state index is 0.0598. The van der Waals surface area contributed by atoms with Crippen LogP contribution < -0.4 is 5.73 Å². The molecule has 2 saturated heterocycles. The molecular formula is C18H22N2O7S. The Labute approximate surface area is 163 Å². The molecule has 2 fully saturated rings. The number of hydrogen-bond acceptors (Lipinski definition) is 8. The van der Waals surface area contributed by atoms with E-state index in [0.717, 1.165) is 9.71 Å². The minimum atomic E-state index is -3.78. The molecule has 9 nitrogen and oxygen atoms in total. The van der Waals surface area contributed by atoms with Crippen LogP contribution in [0.5, 0.6) is 0 Å². The van der Waals surface area contributed by atoms with Crippen LogP contribution in [-0.2, 0) is 29.0 Å². The van der Waals surface area contributed by atoms with Crippen molar-refractivity contribution in [2.75, 3.05) is 13.7 Å². The van der Waals surface area contributed by atoms with Gasteiger partial charge >= 0.3 is 5.97 Å². The van der Waals surface area contributed by atoms with Crippen LogP contribution >= 0.6 is 0 Å². The number of fused-ring (bicyclic) bond motifs is 2. The normalized spacial score (nSPS) is 35.7. The zero-order valence-electron chi connectivity index (χ0n) is 15.7. The van der Waals surface area contributed by atoms with Crippen LogP contribution in [0.3, 0.4) is 0 Å². The van der Waals surface area contributed by atoms with Crippen molar-refractivity contribution < 1.29 is 32.2 Å². The number of rotatable bonds is 3. The van der Waals surface area contributed by atoms with E-state index >= 15 is 0 Å². The van der Waals surface area contributed by atoms with Crippen LogP contribution in [0.4, 0.5) is 0 Å². The third-order valence-electron chi connectivity index (χ3n) is 5.30. The van der Waals surface area contributed by atoms with E-state index in [-0.39, 0.29) is 12.3 Å². The summed E-state index contributed by atoms with van der Waals surface area (Å²) in [6.45, 7) is 3.19. The number of benzene rings is 1. The number of esters is 1. The van der Waals surface area contributed by atoms with E-state index in [1.165, 1.54) is 7.05 Å². The Bertz CT molecular complexity index is 931. The molecule has 4 rings (SSSR count). The maximum atomic E-state index is 12.5. The van der Waals surface area contributed by atoms with E-state index in [4.69, 9.17) is 24.7 Å². The van der Waals surface area contributed by atoms with Crippen molar-refractivity contribution in [3.05, 3.63) is 47.0 Å². The molecular weight excluding hydrogens is 388 g/mol. The highest BCUT2D eigenvalue weighted by Gasteiger charge is 2.70. The van der Waals surface area contributed by atoms with Crippen LogP contribution in [0, 0.1) is 0 Å².